The molecule has 0 amide bonds. The first-order valence-electron chi connectivity index (χ1n) is 5.53. The van der Waals surface area contributed by atoms with Crippen LogP contribution in [0, 0.1) is 0 Å². The summed E-state index contributed by atoms with van der Waals surface area (Å²) in [7, 11) is 0. The standard InChI is InChI=1S/C13H10BrClN2O/c14-10-5-8(15)6-16-13(10)17-11-7-18-12-4-2-1-3-9(11)12/h1-6,11H,7H2,(H,16,17). The van der Waals surface area contributed by atoms with Crippen molar-refractivity contribution in [3.05, 3.63) is 51.6 Å². The second-order valence-electron chi connectivity index (χ2n) is 4.03. The molecule has 3 nitrogen and oxygen atoms in total. The van der Waals surface area contributed by atoms with Gasteiger partial charge in [0.15, 0.2) is 0 Å². The van der Waals surface area contributed by atoms with Crippen LogP contribution in [-0.2, 0) is 0 Å². The Kier molecular flexibility index (Phi) is 3.14. The van der Waals surface area contributed by atoms with E-state index in [1.54, 1.807) is 6.20 Å². The zero-order valence-corrected chi connectivity index (χ0v) is 11.7. The minimum absolute atomic E-state index is 0.117. The third-order valence-corrected chi connectivity index (χ3v) is 3.63. The normalized spacial score (nSPS) is 17.1. The first-order chi connectivity index (χ1) is 8.74. The topological polar surface area (TPSA) is 34.2 Å². The maximum absolute atomic E-state index is 5.87. The van der Waals surface area contributed by atoms with Gasteiger partial charge in [-0.2, -0.15) is 0 Å². The van der Waals surface area contributed by atoms with Gasteiger partial charge in [-0.3, -0.25) is 0 Å². The molecular formula is C13H10BrClN2O. The molecule has 0 radical (unpaired) electrons. The van der Waals surface area contributed by atoms with Crippen molar-refractivity contribution in [2.24, 2.45) is 0 Å². The van der Waals surface area contributed by atoms with Gasteiger partial charge in [-0.15, -0.1) is 0 Å². The van der Waals surface area contributed by atoms with Gasteiger partial charge in [-0.05, 0) is 28.1 Å². The minimum Gasteiger partial charge on any atom is -0.491 e. The van der Waals surface area contributed by atoms with E-state index in [2.05, 4.69) is 32.3 Å². The van der Waals surface area contributed by atoms with Crippen LogP contribution in [0.25, 0.3) is 0 Å². The van der Waals surface area contributed by atoms with Gasteiger partial charge in [0.1, 0.15) is 18.2 Å². The van der Waals surface area contributed by atoms with E-state index in [-0.39, 0.29) is 6.04 Å². The van der Waals surface area contributed by atoms with Gasteiger partial charge >= 0.3 is 0 Å². The molecule has 1 unspecified atom stereocenters. The molecule has 0 saturated heterocycles. The fourth-order valence-corrected chi connectivity index (χ4v) is 2.72. The van der Waals surface area contributed by atoms with Crippen LogP contribution in [0.1, 0.15) is 11.6 Å². The van der Waals surface area contributed by atoms with Crippen LogP contribution >= 0.6 is 27.5 Å². The molecule has 1 aromatic heterocycles. The predicted molar refractivity (Wildman–Crippen MR) is 75.2 cm³/mol. The molecule has 0 aliphatic carbocycles. The number of fused-ring (bicyclic) bond motifs is 1. The van der Waals surface area contributed by atoms with E-state index in [0.29, 0.717) is 11.6 Å². The Balaban J connectivity index is 1.86. The number of anilines is 1. The van der Waals surface area contributed by atoms with E-state index < -0.39 is 0 Å². The van der Waals surface area contributed by atoms with E-state index in [1.165, 1.54) is 0 Å². The number of pyridine rings is 1. The highest BCUT2D eigenvalue weighted by atomic mass is 79.9. The Morgan fingerprint density at radius 3 is 3.06 bits per heavy atom. The van der Waals surface area contributed by atoms with Gasteiger partial charge in [0.2, 0.25) is 0 Å². The highest BCUT2D eigenvalue weighted by molar-refractivity contribution is 9.10. The first-order valence-corrected chi connectivity index (χ1v) is 6.70. The summed E-state index contributed by atoms with van der Waals surface area (Å²) in [4.78, 5) is 4.27. The van der Waals surface area contributed by atoms with E-state index in [4.69, 9.17) is 16.3 Å². The van der Waals surface area contributed by atoms with Crippen molar-refractivity contribution < 1.29 is 4.74 Å². The molecule has 0 saturated carbocycles. The van der Waals surface area contributed by atoms with Crippen molar-refractivity contribution in [2.75, 3.05) is 11.9 Å². The zero-order chi connectivity index (χ0) is 12.5. The molecule has 1 atom stereocenters. The lowest BCUT2D eigenvalue weighted by Gasteiger charge is -2.13. The number of benzene rings is 1. The molecule has 3 rings (SSSR count). The summed E-state index contributed by atoms with van der Waals surface area (Å²) >= 11 is 9.31. The molecule has 2 aromatic rings. The minimum atomic E-state index is 0.117. The number of nitrogens with one attached hydrogen (secondary N) is 1. The maximum atomic E-state index is 5.87. The molecular weight excluding hydrogens is 316 g/mol. The van der Waals surface area contributed by atoms with Gasteiger partial charge in [-0.25, -0.2) is 4.98 Å². The molecule has 0 fully saturated rings. The van der Waals surface area contributed by atoms with Crippen molar-refractivity contribution in [1.29, 1.82) is 0 Å². The fraction of sp³-hybridized carbons (Fsp3) is 0.154. The van der Waals surface area contributed by atoms with Crippen molar-refractivity contribution in [3.8, 4) is 5.75 Å². The number of nitrogens with zero attached hydrogens (tertiary/aromatic N) is 1. The van der Waals surface area contributed by atoms with Gasteiger partial charge < -0.3 is 10.1 Å². The number of aromatic nitrogens is 1. The summed E-state index contributed by atoms with van der Waals surface area (Å²) in [6, 6.07) is 9.94. The van der Waals surface area contributed by atoms with Crippen LogP contribution in [-0.4, -0.2) is 11.6 Å². The number of para-hydroxylation sites is 1. The van der Waals surface area contributed by atoms with Crippen LogP contribution in [0.15, 0.2) is 41.0 Å². The summed E-state index contributed by atoms with van der Waals surface area (Å²) in [5, 5.41) is 3.96. The van der Waals surface area contributed by atoms with Crippen LogP contribution in [0.5, 0.6) is 5.75 Å². The zero-order valence-electron chi connectivity index (χ0n) is 9.36. The third-order valence-electron chi connectivity index (χ3n) is 2.82. The molecule has 1 N–H and O–H groups in total. The van der Waals surface area contributed by atoms with Gasteiger partial charge in [-0.1, -0.05) is 29.8 Å². The summed E-state index contributed by atoms with van der Waals surface area (Å²) in [6.07, 6.45) is 1.62. The highest BCUT2D eigenvalue weighted by Gasteiger charge is 2.24. The highest BCUT2D eigenvalue weighted by Crippen LogP contribution is 2.35. The molecule has 1 aromatic carbocycles. The lowest BCUT2D eigenvalue weighted by atomic mass is 10.1. The third kappa shape index (κ3) is 2.18. The van der Waals surface area contributed by atoms with Crippen molar-refractivity contribution in [2.45, 2.75) is 6.04 Å². The monoisotopic (exact) mass is 324 g/mol. The van der Waals surface area contributed by atoms with Crippen molar-refractivity contribution >= 4 is 33.3 Å². The SMILES string of the molecule is Clc1cnc(NC2COc3ccccc32)c(Br)c1. The van der Waals surface area contributed by atoms with E-state index in [9.17, 15) is 0 Å². The average Bonchev–Trinajstić information content (AvgIpc) is 2.76. The molecule has 1 aliphatic heterocycles. The number of rotatable bonds is 2. The van der Waals surface area contributed by atoms with E-state index in [0.717, 1.165) is 21.6 Å². The Morgan fingerprint density at radius 1 is 1.39 bits per heavy atom. The largest absolute Gasteiger partial charge is 0.491 e. The van der Waals surface area contributed by atoms with Crippen LogP contribution < -0.4 is 10.1 Å². The summed E-state index contributed by atoms with van der Waals surface area (Å²) < 4.78 is 6.46. The molecule has 2 heterocycles. The number of hydrogen-bond donors (Lipinski definition) is 1. The maximum Gasteiger partial charge on any atom is 0.140 e. The fourth-order valence-electron chi connectivity index (χ4n) is 1.97. The molecule has 0 spiro atoms. The van der Waals surface area contributed by atoms with Gasteiger partial charge in [0, 0.05) is 11.8 Å². The van der Waals surface area contributed by atoms with Gasteiger partial charge in [0.25, 0.3) is 0 Å². The van der Waals surface area contributed by atoms with Crippen molar-refractivity contribution in [1.82, 2.24) is 4.98 Å². The Labute approximate surface area is 118 Å². The second-order valence-corrected chi connectivity index (χ2v) is 5.32. The lowest BCUT2D eigenvalue weighted by Crippen LogP contribution is -2.13. The van der Waals surface area contributed by atoms with Crippen LogP contribution in [0.2, 0.25) is 5.02 Å². The van der Waals surface area contributed by atoms with Gasteiger partial charge in [0.05, 0.1) is 15.5 Å². The number of halogens is 2. The number of ether oxygens (including phenoxy) is 1. The Morgan fingerprint density at radius 2 is 2.22 bits per heavy atom. The van der Waals surface area contributed by atoms with E-state index in [1.807, 2.05) is 24.3 Å². The molecule has 18 heavy (non-hydrogen) atoms. The smallest absolute Gasteiger partial charge is 0.140 e. The summed E-state index contributed by atoms with van der Waals surface area (Å²) in [6.45, 7) is 0.607. The molecule has 5 heteroatoms. The quantitative estimate of drug-likeness (QED) is 0.904. The molecule has 1 aliphatic rings. The lowest BCUT2D eigenvalue weighted by molar-refractivity contribution is 0.339. The summed E-state index contributed by atoms with van der Waals surface area (Å²) in [5.41, 5.74) is 1.15. The molecule has 92 valence electrons. The van der Waals surface area contributed by atoms with Crippen LogP contribution in [0.4, 0.5) is 5.82 Å². The predicted octanol–water partition coefficient (Wildman–Crippen LogP) is 4.04. The van der Waals surface area contributed by atoms with Crippen molar-refractivity contribution in [3.63, 3.8) is 0 Å². The first kappa shape index (κ1) is 11.8. The van der Waals surface area contributed by atoms with E-state index >= 15 is 0 Å². The second kappa shape index (κ2) is 4.78. The van der Waals surface area contributed by atoms with Crippen LogP contribution in [0.3, 0.4) is 0 Å². The number of hydrogen-bond acceptors (Lipinski definition) is 3. The Hall–Kier alpha value is -1.26. The summed E-state index contributed by atoms with van der Waals surface area (Å²) in [5.74, 6) is 1.70. The molecule has 0 bridgehead atoms. The average molecular weight is 326 g/mol. The Bertz CT molecular complexity index is 591.